The van der Waals surface area contributed by atoms with Crippen molar-refractivity contribution in [1.82, 2.24) is 4.90 Å². The lowest BCUT2D eigenvalue weighted by Crippen LogP contribution is -2.48. The molecule has 2 amide bonds. The molecule has 1 aliphatic rings. The van der Waals surface area contributed by atoms with E-state index in [1.807, 2.05) is 81.1 Å². The van der Waals surface area contributed by atoms with Gasteiger partial charge in [0.1, 0.15) is 0 Å². The molecule has 0 aliphatic carbocycles. The Labute approximate surface area is 167 Å². The van der Waals surface area contributed by atoms with Gasteiger partial charge in [-0.3, -0.25) is 9.59 Å². The van der Waals surface area contributed by atoms with Crippen LogP contribution in [0.3, 0.4) is 0 Å². The van der Waals surface area contributed by atoms with Crippen LogP contribution < -0.4 is 10.2 Å². The van der Waals surface area contributed by atoms with Crippen LogP contribution in [0.1, 0.15) is 36.7 Å². The predicted octanol–water partition coefficient (Wildman–Crippen LogP) is 3.94. The van der Waals surface area contributed by atoms with Gasteiger partial charge < -0.3 is 15.1 Å². The van der Waals surface area contributed by atoms with E-state index in [0.717, 1.165) is 35.6 Å². The van der Waals surface area contributed by atoms with Crippen molar-refractivity contribution in [3.8, 4) is 0 Å². The molecular weight excluding hydrogens is 350 g/mol. The number of aryl methyl sites for hydroxylation is 1. The Hall–Kier alpha value is -2.82. The lowest BCUT2D eigenvalue weighted by Gasteiger charge is -2.36. The number of hydrogen-bond acceptors (Lipinski definition) is 3. The Balaban J connectivity index is 1.58. The molecule has 0 bridgehead atoms. The van der Waals surface area contributed by atoms with Crippen molar-refractivity contribution in [1.29, 1.82) is 0 Å². The van der Waals surface area contributed by atoms with Gasteiger partial charge in [0.2, 0.25) is 5.91 Å². The van der Waals surface area contributed by atoms with Gasteiger partial charge in [-0.05, 0) is 42.8 Å². The first-order chi connectivity index (χ1) is 13.3. The van der Waals surface area contributed by atoms with Gasteiger partial charge in [-0.15, -0.1) is 0 Å². The number of piperazine rings is 1. The zero-order valence-electron chi connectivity index (χ0n) is 17.2. The summed E-state index contributed by atoms with van der Waals surface area (Å²) in [5.41, 5.74) is 3.30. The first-order valence-corrected chi connectivity index (χ1v) is 9.77. The minimum Gasteiger partial charge on any atom is -0.368 e. The van der Waals surface area contributed by atoms with Crippen LogP contribution in [-0.4, -0.2) is 42.9 Å². The second-order valence-corrected chi connectivity index (χ2v) is 8.35. The standard InChI is InChI=1S/C23H29N3O2/c1-17-7-5-6-8-20(17)21(27)26-15-13-25(14-16-26)19-11-9-18(10-12-19)24-22(28)23(2,3)4/h5-12H,13-16H2,1-4H3,(H,24,28). The summed E-state index contributed by atoms with van der Waals surface area (Å²) in [5, 5.41) is 2.95. The fraction of sp³-hybridized carbons (Fsp3) is 0.391. The number of nitrogens with zero attached hydrogens (tertiary/aromatic N) is 2. The summed E-state index contributed by atoms with van der Waals surface area (Å²) in [6.45, 7) is 10.7. The van der Waals surface area contributed by atoms with Crippen molar-refractivity contribution in [2.75, 3.05) is 36.4 Å². The highest BCUT2D eigenvalue weighted by atomic mass is 16.2. The van der Waals surface area contributed by atoms with Crippen molar-refractivity contribution in [3.05, 3.63) is 59.7 Å². The molecule has 148 valence electrons. The molecule has 1 saturated heterocycles. The van der Waals surface area contributed by atoms with Crippen LogP contribution in [0.25, 0.3) is 0 Å². The van der Waals surface area contributed by atoms with E-state index in [4.69, 9.17) is 0 Å². The summed E-state index contributed by atoms with van der Waals surface area (Å²) in [6.07, 6.45) is 0. The number of nitrogens with one attached hydrogen (secondary N) is 1. The Morgan fingerprint density at radius 3 is 2.07 bits per heavy atom. The highest BCUT2D eigenvalue weighted by Gasteiger charge is 2.24. The summed E-state index contributed by atoms with van der Waals surface area (Å²) in [4.78, 5) is 29.1. The van der Waals surface area contributed by atoms with E-state index in [1.54, 1.807) is 0 Å². The van der Waals surface area contributed by atoms with Crippen molar-refractivity contribution in [3.63, 3.8) is 0 Å². The number of hydrogen-bond donors (Lipinski definition) is 1. The minimum absolute atomic E-state index is 0.00332. The summed E-state index contributed by atoms with van der Waals surface area (Å²) >= 11 is 0. The van der Waals surface area contributed by atoms with E-state index in [-0.39, 0.29) is 11.8 Å². The molecule has 1 fully saturated rings. The van der Waals surface area contributed by atoms with Crippen molar-refractivity contribution in [2.24, 2.45) is 5.41 Å². The van der Waals surface area contributed by atoms with Crippen molar-refractivity contribution < 1.29 is 9.59 Å². The fourth-order valence-electron chi connectivity index (χ4n) is 3.23. The summed E-state index contributed by atoms with van der Waals surface area (Å²) < 4.78 is 0. The molecule has 5 heteroatoms. The second kappa shape index (κ2) is 8.05. The van der Waals surface area contributed by atoms with Crippen LogP contribution in [0, 0.1) is 12.3 Å². The fourth-order valence-corrected chi connectivity index (χ4v) is 3.23. The van der Waals surface area contributed by atoms with Gasteiger partial charge in [-0.1, -0.05) is 39.0 Å². The van der Waals surface area contributed by atoms with Crippen LogP contribution in [0.15, 0.2) is 48.5 Å². The Morgan fingerprint density at radius 2 is 1.50 bits per heavy atom. The Morgan fingerprint density at radius 1 is 0.893 bits per heavy atom. The minimum atomic E-state index is -0.418. The molecule has 0 spiro atoms. The molecule has 5 nitrogen and oxygen atoms in total. The molecule has 0 saturated carbocycles. The van der Waals surface area contributed by atoms with Crippen LogP contribution in [0.4, 0.5) is 11.4 Å². The summed E-state index contributed by atoms with van der Waals surface area (Å²) in [5.74, 6) is 0.113. The second-order valence-electron chi connectivity index (χ2n) is 8.35. The summed E-state index contributed by atoms with van der Waals surface area (Å²) in [6, 6.07) is 15.7. The van der Waals surface area contributed by atoms with Crippen molar-refractivity contribution >= 4 is 23.2 Å². The Kier molecular flexibility index (Phi) is 5.73. The zero-order chi connectivity index (χ0) is 20.3. The molecule has 2 aromatic rings. The van der Waals surface area contributed by atoms with E-state index in [2.05, 4.69) is 10.2 Å². The molecule has 0 unspecified atom stereocenters. The Bertz CT molecular complexity index is 845. The van der Waals surface area contributed by atoms with E-state index < -0.39 is 5.41 Å². The van der Waals surface area contributed by atoms with E-state index in [9.17, 15) is 9.59 Å². The number of rotatable bonds is 3. The third-order valence-electron chi connectivity index (χ3n) is 5.11. The quantitative estimate of drug-likeness (QED) is 0.879. The lowest BCUT2D eigenvalue weighted by molar-refractivity contribution is -0.123. The van der Waals surface area contributed by atoms with Crippen LogP contribution in [0.5, 0.6) is 0 Å². The highest BCUT2D eigenvalue weighted by molar-refractivity contribution is 5.96. The summed E-state index contributed by atoms with van der Waals surface area (Å²) in [7, 11) is 0. The zero-order valence-corrected chi connectivity index (χ0v) is 17.2. The van der Waals surface area contributed by atoms with Crippen molar-refractivity contribution in [2.45, 2.75) is 27.7 Å². The smallest absolute Gasteiger partial charge is 0.254 e. The van der Waals surface area contributed by atoms with E-state index in [0.29, 0.717) is 13.1 Å². The molecule has 0 atom stereocenters. The van der Waals surface area contributed by atoms with Gasteiger partial charge in [-0.2, -0.15) is 0 Å². The van der Waals surface area contributed by atoms with E-state index >= 15 is 0 Å². The molecule has 1 aliphatic heterocycles. The average Bonchev–Trinajstić information content (AvgIpc) is 2.68. The topological polar surface area (TPSA) is 52.7 Å². The van der Waals surface area contributed by atoms with Gasteiger partial charge in [0.25, 0.3) is 5.91 Å². The number of carbonyl (C=O) groups excluding carboxylic acids is 2. The molecule has 2 aromatic carbocycles. The first-order valence-electron chi connectivity index (χ1n) is 9.77. The van der Waals surface area contributed by atoms with Gasteiger partial charge in [0.15, 0.2) is 0 Å². The van der Waals surface area contributed by atoms with Gasteiger partial charge in [0.05, 0.1) is 0 Å². The maximum Gasteiger partial charge on any atom is 0.254 e. The first kappa shape index (κ1) is 19.9. The average molecular weight is 380 g/mol. The third-order valence-corrected chi connectivity index (χ3v) is 5.11. The van der Waals surface area contributed by atoms with Gasteiger partial charge in [-0.25, -0.2) is 0 Å². The van der Waals surface area contributed by atoms with Crippen LogP contribution in [0.2, 0.25) is 0 Å². The monoisotopic (exact) mass is 379 g/mol. The lowest BCUT2D eigenvalue weighted by atomic mass is 9.95. The van der Waals surface area contributed by atoms with Crippen LogP contribution in [-0.2, 0) is 4.79 Å². The number of benzene rings is 2. The van der Waals surface area contributed by atoms with Crippen LogP contribution >= 0.6 is 0 Å². The highest BCUT2D eigenvalue weighted by Crippen LogP contribution is 2.22. The molecule has 28 heavy (non-hydrogen) atoms. The number of carbonyl (C=O) groups is 2. The van der Waals surface area contributed by atoms with E-state index in [1.165, 1.54) is 0 Å². The molecule has 1 N–H and O–H groups in total. The third kappa shape index (κ3) is 4.53. The molecule has 0 radical (unpaired) electrons. The molecular formula is C23H29N3O2. The number of anilines is 2. The predicted molar refractivity (Wildman–Crippen MR) is 114 cm³/mol. The normalized spacial score (nSPS) is 14.7. The SMILES string of the molecule is Cc1ccccc1C(=O)N1CCN(c2ccc(NC(=O)C(C)(C)C)cc2)CC1. The largest absolute Gasteiger partial charge is 0.368 e. The molecule has 1 heterocycles. The molecule has 3 rings (SSSR count). The van der Waals surface area contributed by atoms with Gasteiger partial charge >= 0.3 is 0 Å². The number of amides is 2. The maximum atomic E-state index is 12.8. The van der Waals surface area contributed by atoms with Gasteiger partial charge in [0, 0.05) is 48.5 Å². The molecule has 0 aromatic heterocycles. The maximum absolute atomic E-state index is 12.8.